The van der Waals surface area contributed by atoms with Crippen molar-refractivity contribution in [3.63, 3.8) is 0 Å². The molecule has 0 aliphatic rings. The SMILES string of the molecule is CCCCCCCCCCC(C(=O)OC)S(=O)(=O)O. The Morgan fingerprint density at radius 1 is 1.05 bits per heavy atom. The van der Waals surface area contributed by atoms with Crippen LogP contribution >= 0.6 is 0 Å². The monoisotopic (exact) mass is 294 g/mol. The first-order chi connectivity index (χ1) is 8.93. The van der Waals surface area contributed by atoms with Gasteiger partial charge in [0, 0.05) is 0 Å². The van der Waals surface area contributed by atoms with Crippen molar-refractivity contribution < 1.29 is 22.5 Å². The van der Waals surface area contributed by atoms with Crippen molar-refractivity contribution in [2.45, 2.75) is 70.0 Å². The molecule has 19 heavy (non-hydrogen) atoms. The fourth-order valence-corrected chi connectivity index (χ4v) is 2.79. The van der Waals surface area contributed by atoms with Gasteiger partial charge in [0.1, 0.15) is 0 Å². The first kappa shape index (κ1) is 18.4. The molecule has 0 aromatic carbocycles. The molecule has 0 aromatic heterocycles. The van der Waals surface area contributed by atoms with Crippen LogP contribution < -0.4 is 0 Å². The average Bonchev–Trinajstić information content (AvgIpc) is 2.34. The van der Waals surface area contributed by atoms with E-state index >= 15 is 0 Å². The van der Waals surface area contributed by atoms with Crippen LogP contribution in [0.15, 0.2) is 0 Å². The highest BCUT2D eigenvalue weighted by Crippen LogP contribution is 2.14. The zero-order valence-electron chi connectivity index (χ0n) is 11.9. The highest BCUT2D eigenvalue weighted by molar-refractivity contribution is 7.87. The molecule has 0 bridgehead atoms. The topological polar surface area (TPSA) is 80.7 Å². The molecule has 1 N–H and O–H groups in total. The van der Waals surface area contributed by atoms with Gasteiger partial charge in [-0.2, -0.15) is 8.42 Å². The van der Waals surface area contributed by atoms with Crippen LogP contribution in [0.4, 0.5) is 0 Å². The normalized spacial score (nSPS) is 13.2. The summed E-state index contributed by atoms with van der Waals surface area (Å²) in [6.07, 6.45) is 8.68. The third kappa shape index (κ3) is 8.99. The van der Waals surface area contributed by atoms with Gasteiger partial charge in [-0.15, -0.1) is 0 Å². The van der Waals surface area contributed by atoms with Gasteiger partial charge in [-0.25, -0.2) is 0 Å². The molecule has 6 heteroatoms. The molecule has 0 rings (SSSR count). The van der Waals surface area contributed by atoms with Gasteiger partial charge >= 0.3 is 5.97 Å². The van der Waals surface area contributed by atoms with E-state index in [4.69, 9.17) is 4.55 Å². The third-order valence-electron chi connectivity index (χ3n) is 3.14. The van der Waals surface area contributed by atoms with E-state index in [2.05, 4.69) is 11.7 Å². The Kier molecular flexibility index (Phi) is 9.87. The molecule has 0 heterocycles. The molecule has 1 atom stereocenters. The highest BCUT2D eigenvalue weighted by Gasteiger charge is 2.31. The number of hydrogen-bond acceptors (Lipinski definition) is 4. The van der Waals surface area contributed by atoms with Crippen LogP contribution in [-0.4, -0.2) is 31.3 Å². The summed E-state index contributed by atoms with van der Waals surface area (Å²) in [6.45, 7) is 2.17. The predicted molar refractivity (Wildman–Crippen MR) is 74.6 cm³/mol. The molecule has 0 saturated heterocycles. The van der Waals surface area contributed by atoms with Crippen LogP contribution in [-0.2, 0) is 19.6 Å². The maximum Gasteiger partial charge on any atom is 0.326 e. The Labute approximate surface area is 116 Å². The lowest BCUT2D eigenvalue weighted by Gasteiger charge is -2.11. The maximum absolute atomic E-state index is 11.2. The van der Waals surface area contributed by atoms with Crippen molar-refractivity contribution in [1.82, 2.24) is 0 Å². The molecule has 0 aliphatic heterocycles. The van der Waals surface area contributed by atoms with E-state index in [0.29, 0.717) is 6.42 Å². The predicted octanol–water partition coefficient (Wildman–Crippen LogP) is 2.95. The van der Waals surface area contributed by atoms with Crippen LogP contribution in [0.2, 0.25) is 0 Å². The van der Waals surface area contributed by atoms with Gasteiger partial charge in [0.25, 0.3) is 10.1 Å². The molecule has 1 unspecified atom stereocenters. The summed E-state index contributed by atoms with van der Waals surface area (Å²) in [4.78, 5) is 11.2. The quantitative estimate of drug-likeness (QED) is 0.360. The minimum atomic E-state index is -4.36. The third-order valence-corrected chi connectivity index (χ3v) is 4.29. The molecule has 0 fully saturated rings. The molecule has 0 spiro atoms. The summed E-state index contributed by atoms with van der Waals surface area (Å²) in [7, 11) is -3.24. The minimum Gasteiger partial charge on any atom is -0.468 e. The van der Waals surface area contributed by atoms with E-state index in [-0.39, 0.29) is 6.42 Å². The lowest BCUT2D eigenvalue weighted by molar-refractivity contribution is -0.140. The van der Waals surface area contributed by atoms with Crippen LogP contribution in [0.25, 0.3) is 0 Å². The second kappa shape index (κ2) is 10.2. The summed E-state index contributed by atoms with van der Waals surface area (Å²) in [5.74, 6) is -0.884. The van der Waals surface area contributed by atoms with Crippen molar-refractivity contribution in [1.29, 1.82) is 0 Å². The summed E-state index contributed by atoms with van der Waals surface area (Å²) in [6, 6.07) is 0. The Morgan fingerprint density at radius 3 is 1.95 bits per heavy atom. The lowest BCUT2D eigenvalue weighted by atomic mass is 10.1. The van der Waals surface area contributed by atoms with Gasteiger partial charge in [-0.1, -0.05) is 58.3 Å². The Balaban J connectivity index is 3.80. The van der Waals surface area contributed by atoms with Gasteiger partial charge in [0.2, 0.25) is 0 Å². The summed E-state index contributed by atoms with van der Waals surface area (Å²) in [5.41, 5.74) is 0. The molecule has 0 amide bonds. The molecular weight excluding hydrogens is 268 g/mol. The van der Waals surface area contributed by atoms with E-state index in [1.807, 2.05) is 0 Å². The fraction of sp³-hybridized carbons (Fsp3) is 0.923. The van der Waals surface area contributed by atoms with Crippen molar-refractivity contribution in [3.8, 4) is 0 Å². The first-order valence-electron chi connectivity index (χ1n) is 6.97. The van der Waals surface area contributed by atoms with Crippen molar-refractivity contribution >= 4 is 16.1 Å². The van der Waals surface area contributed by atoms with Crippen molar-refractivity contribution in [2.24, 2.45) is 0 Å². The fourth-order valence-electron chi connectivity index (χ4n) is 1.98. The van der Waals surface area contributed by atoms with Crippen LogP contribution in [0.3, 0.4) is 0 Å². The maximum atomic E-state index is 11.2. The number of esters is 1. The van der Waals surface area contributed by atoms with Crippen molar-refractivity contribution in [2.75, 3.05) is 7.11 Å². The van der Waals surface area contributed by atoms with E-state index in [0.717, 1.165) is 26.4 Å². The van der Waals surface area contributed by atoms with Gasteiger partial charge < -0.3 is 4.74 Å². The van der Waals surface area contributed by atoms with Crippen LogP contribution in [0, 0.1) is 0 Å². The molecule has 5 nitrogen and oxygen atoms in total. The Morgan fingerprint density at radius 2 is 1.53 bits per heavy atom. The number of carbonyl (C=O) groups excluding carboxylic acids is 1. The number of ether oxygens (including phenoxy) is 1. The van der Waals surface area contributed by atoms with E-state index in [9.17, 15) is 13.2 Å². The first-order valence-corrected chi connectivity index (χ1v) is 8.48. The molecule has 0 aliphatic carbocycles. The molecule has 0 aromatic rings. The highest BCUT2D eigenvalue weighted by atomic mass is 32.2. The minimum absolute atomic E-state index is 0.125. The van der Waals surface area contributed by atoms with Gasteiger partial charge in [-0.05, 0) is 6.42 Å². The van der Waals surface area contributed by atoms with Crippen LogP contribution in [0.1, 0.15) is 64.7 Å². The molecule has 0 radical (unpaired) electrons. The largest absolute Gasteiger partial charge is 0.468 e. The zero-order valence-corrected chi connectivity index (χ0v) is 12.7. The number of hydrogen-bond donors (Lipinski definition) is 1. The van der Waals surface area contributed by atoms with E-state index < -0.39 is 21.3 Å². The Hall–Kier alpha value is -0.620. The molecule has 114 valence electrons. The Bertz CT molecular complexity index is 337. The van der Waals surface area contributed by atoms with Gasteiger partial charge in [-0.3, -0.25) is 9.35 Å². The zero-order chi connectivity index (χ0) is 14.7. The molecule has 0 saturated carbocycles. The second-order valence-corrected chi connectivity index (χ2v) is 6.39. The number of unbranched alkanes of at least 4 members (excludes halogenated alkanes) is 7. The molecular formula is C13H26O5S. The lowest BCUT2D eigenvalue weighted by Crippen LogP contribution is -2.30. The van der Waals surface area contributed by atoms with Crippen LogP contribution in [0.5, 0.6) is 0 Å². The number of carbonyl (C=O) groups is 1. The number of methoxy groups -OCH3 is 1. The van der Waals surface area contributed by atoms with Gasteiger partial charge in [0.15, 0.2) is 5.25 Å². The van der Waals surface area contributed by atoms with E-state index in [1.165, 1.54) is 25.7 Å². The second-order valence-electron chi connectivity index (χ2n) is 4.79. The van der Waals surface area contributed by atoms with E-state index in [1.54, 1.807) is 0 Å². The standard InChI is InChI=1S/C13H26O5S/c1-3-4-5-6-7-8-9-10-11-12(13(14)18-2)19(15,16)17/h12H,3-11H2,1-2H3,(H,15,16,17). The number of rotatable bonds is 11. The summed E-state index contributed by atoms with van der Waals surface area (Å²) < 4.78 is 35.4. The smallest absolute Gasteiger partial charge is 0.326 e. The summed E-state index contributed by atoms with van der Waals surface area (Å²) >= 11 is 0. The van der Waals surface area contributed by atoms with Gasteiger partial charge in [0.05, 0.1) is 7.11 Å². The average molecular weight is 294 g/mol. The van der Waals surface area contributed by atoms with Crippen molar-refractivity contribution in [3.05, 3.63) is 0 Å². The summed E-state index contributed by atoms with van der Waals surface area (Å²) in [5, 5.41) is -1.43.